The van der Waals surface area contributed by atoms with Gasteiger partial charge in [0, 0.05) is 0 Å². The summed E-state index contributed by atoms with van der Waals surface area (Å²) in [5.41, 5.74) is -6.87. The molecule has 20 heavy (non-hydrogen) atoms. The number of hydrogen-bond donors (Lipinski definition) is 0. The van der Waals surface area contributed by atoms with Gasteiger partial charge >= 0.3 is 11.8 Å². The molecule has 0 aromatic heterocycles. The smallest absolute Gasteiger partial charge is 0.235 e. The molecule has 1 saturated carbocycles. The summed E-state index contributed by atoms with van der Waals surface area (Å²) < 4.78 is 98.4. The predicted octanol–water partition coefficient (Wildman–Crippen LogP) is 5.16. The highest BCUT2D eigenvalue weighted by atomic mass is 127. The van der Waals surface area contributed by atoms with E-state index in [0.29, 0.717) is 13.8 Å². The van der Waals surface area contributed by atoms with Gasteiger partial charge in [-0.15, -0.1) is 0 Å². The van der Waals surface area contributed by atoms with E-state index in [4.69, 9.17) is 0 Å². The molecular weight excluding hydrogens is 519 g/mol. The van der Waals surface area contributed by atoms with Crippen molar-refractivity contribution in [2.24, 2.45) is 5.41 Å². The van der Waals surface area contributed by atoms with E-state index in [-0.39, 0.29) is 6.92 Å². The zero-order valence-electron chi connectivity index (χ0n) is 10.8. The highest BCUT2D eigenvalue weighted by molar-refractivity contribution is 14.2. The first-order valence-electron chi connectivity index (χ1n) is 5.24. The second-order valence-electron chi connectivity index (χ2n) is 5.19. The molecule has 0 amide bonds. The molecule has 0 spiro atoms. The van der Waals surface area contributed by atoms with Gasteiger partial charge in [-0.25, -0.2) is 13.2 Å². The maximum absolute atomic E-state index is 14.9. The molecule has 1 rings (SSSR count). The SMILES string of the molecule is C=IC1(F)C(C)(C)C(F)(F)C(F)(F)C(F)(I=C)[C@@]1(C)F. The molecule has 0 heterocycles. The maximum Gasteiger partial charge on any atom is 0.355 e. The molecule has 9 heteroatoms. The lowest BCUT2D eigenvalue weighted by Gasteiger charge is -2.59. The molecule has 0 saturated heterocycles. The summed E-state index contributed by atoms with van der Waals surface area (Å²) in [6.45, 7) is 1.27. The molecule has 1 aliphatic carbocycles. The molecule has 0 radical (unpaired) electrons. The van der Waals surface area contributed by atoms with Gasteiger partial charge < -0.3 is 0 Å². The van der Waals surface area contributed by atoms with Crippen molar-refractivity contribution in [2.75, 3.05) is 0 Å². The Morgan fingerprint density at radius 1 is 0.650 bits per heavy atom. The van der Waals surface area contributed by atoms with Crippen LogP contribution in [0.4, 0.5) is 30.7 Å². The van der Waals surface area contributed by atoms with Crippen molar-refractivity contribution in [2.45, 2.75) is 45.6 Å². The average Bonchev–Trinajstić information content (AvgIpc) is 2.33. The summed E-state index contributed by atoms with van der Waals surface area (Å²) in [5, 5.41) is 0. The van der Waals surface area contributed by atoms with Gasteiger partial charge in [0.15, 0.2) is 5.67 Å². The van der Waals surface area contributed by atoms with Gasteiger partial charge in [0.1, 0.15) is 0 Å². The molecule has 0 N–H and O–H groups in total. The van der Waals surface area contributed by atoms with E-state index in [0.717, 1.165) is 0 Å². The minimum atomic E-state index is -5.34. The van der Waals surface area contributed by atoms with Crippen molar-refractivity contribution in [3.8, 4) is 0 Å². The third-order valence-electron chi connectivity index (χ3n) is 3.91. The minimum absolute atomic E-state index is 0.285. The standard InChI is InChI=1S/C11H13F7I2/c1-6(2)8(13,14)9(15,16)11(18,20-5)7(3,12)10(6,17)19-4/h4-5H2,1-3H3/t7-,10?,11?/m0/s1. The van der Waals surface area contributed by atoms with Crippen molar-refractivity contribution in [1.82, 2.24) is 0 Å². The molecule has 3 atom stereocenters. The first kappa shape index (κ1) is 18.8. The van der Waals surface area contributed by atoms with Crippen molar-refractivity contribution in [3.63, 3.8) is 0 Å². The van der Waals surface area contributed by atoms with E-state index in [1.807, 2.05) is 0 Å². The fraction of sp³-hybridized carbons (Fsp3) is 0.818. The van der Waals surface area contributed by atoms with Crippen molar-refractivity contribution < 1.29 is 30.7 Å². The summed E-state index contributed by atoms with van der Waals surface area (Å²) in [5.74, 6) is -10.4. The van der Waals surface area contributed by atoms with Crippen LogP contribution in [-0.4, -0.2) is 33.9 Å². The number of rotatable bonds is 2. The highest BCUT2D eigenvalue weighted by Crippen LogP contribution is 2.74. The molecule has 120 valence electrons. The van der Waals surface area contributed by atoms with Crippen molar-refractivity contribution in [3.05, 3.63) is 0 Å². The Kier molecular flexibility index (Phi) is 4.32. The van der Waals surface area contributed by atoms with Gasteiger partial charge in [-0.3, -0.25) is 0 Å². The van der Waals surface area contributed by atoms with E-state index in [2.05, 4.69) is 9.03 Å². The Morgan fingerprint density at radius 2 is 1.00 bits per heavy atom. The lowest BCUT2D eigenvalue weighted by atomic mass is 9.64. The molecule has 0 aliphatic heterocycles. The Balaban J connectivity index is 3.91. The Labute approximate surface area is 132 Å². The van der Waals surface area contributed by atoms with Crippen molar-refractivity contribution in [1.29, 1.82) is 0 Å². The summed E-state index contributed by atoms with van der Waals surface area (Å²) in [6, 6.07) is 0. The van der Waals surface area contributed by atoms with Crippen LogP contribution in [0.5, 0.6) is 0 Å². The van der Waals surface area contributed by atoms with E-state index < -0.39 is 71.7 Å². The Bertz CT molecular complexity index is 422. The second-order valence-corrected chi connectivity index (χ2v) is 9.69. The van der Waals surface area contributed by atoms with Gasteiger partial charge in [-0.05, 0) is 20.8 Å². The highest BCUT2D eigenvalue weighted by Gasteiger charge is 2.92. The van der Waals surface area contributed by atoms with Crippen LogP contribution >= 0.6 is 41.5 Å². The van der Waals surface area contributed by atoms with Crippen LogP contribution < -0.4 is 0 Å². The molecule has 0 aromatic rings. The minimum Gasteiger partial charge on any atom is -0.235 e. The van der Waals surface area contributed by atoms with Crippen LogP contribution in [0.25, 0.3) is 0 Å². The Morgan fingerprint density at radius 3 is 1.30 bits per heavy atom. The number of hydrogen-bond acceptors (Lipinski definition) is 0. The zero-order valence-corrected chi connectivity index (χ0v) is 15.1. The summed E-state index contributed by atoms with van der Waals surface area (Å²) in [4.78, 5) is 0. The molecule has 0 aromatic carbocycles. The molecular formula is C11H13F7I2. The quantitative estimate of drug-likeness (QED) is 0.262. The first-order chi connectivity index (χ1) is 8.62. The monoisotopic (exact) mass is 532 g/mol. The van der Waals surface area contributed by atoms with Crippen molar-refractivity contribution >= 4 is 50.5 Å². The summed E-state index contributed by atoms with van der Waals surface area (Å²) in [7, 11) is 0. The predicted molar refractivity (Wildman–Crippen MR) is 83.1 cm³/mol. The van der Waals surface area contributed by atoms with Crippen LogP contribution in [0.1, 0.15) is 20.8 Å². The summed E-state index contributed by atoms with van der Waals surface area (Å²) in [6.07, 6.45) is 0. The number of alkyl halides is 9. The van der Waals surface area contributed by atoms with Crippen LogP contribution in [0.2, 0.25) is 0 Å². The van der Waals surface area contributed by atoms with Gasteiger partial charge in [0.2, 0.25) is 3.68 Å². The topological polar surface area (TPSA) is 0 Å². The van der Waals surface area contributed by atoms with E-state index in [1.165, 1.54) is 0 Å². The fourth-order valence-electron chi connectivity index (χ4n) is 2.37. The van der Waals surface area contributed by atoms with Gasteiger partial charge in [0.05, 0.1) is 5.41 Å². The summed E-state index contributed by atoms with van der Waals surface area (Å²) >= 11 is -4.82. The van der Waals surface area contributed by atoms with E-state index in [9.17, 15) is 30.7 Å². The molecule has 0 bridgehead atoms. The molecule has 0 nitrogen and oxygen atoms in total. The van der Waals surface area contributed by atoms with Crippen LogP contribution in [0.3, 0.4) is 0 Å². The van der Waals surface area contributed by atoms with Gasteiger partial charge in [0.25, 0.3) is 3.68 Å². The fourth-order valence-corrected chi connectivity index (χ4v) is 7.17. The molecule has 1 fully saturated rings. The van der Waals surface area contributed by atoms with E-state index in [1.54, 1.807) is 0 Å². The lowest BCUT2D eigenvalue weighted by Crippen LogP contribution is -2.80. The average molecular weight is 532 g/mol. The molecule has 1 aliphatic rings. The normalized spacial score (nSPS) is 46.1. The lowest BCUT2D eigenvalue weighted by molar-refractivity contribution is -0.358. The largest absolute Gasteiger partial charge is 0.355 e. The van der Waals surface area contributed by atoms with Crippen LogP contribution in [0, 0.1) is 5.41 Å². The first-order valence-corrected chi connectivity index (χ1v) is 10.4. The second kappa shape index (κ2) is 4.60. The van der Waals surface area contributed by atoms with Gasteiger partial charge in [-0.1, -0.05) is 50.5 Å². The maximum atomic E-state index is 14.9. The van der Waals surface area contributed by atoms with Gasteiger partial charge in [-0.2, -0.15) is 17.6 Å². The third kappa shape index (κ3) is 1.59. The third-order valence-corrected chi connectivity index (χ3v) is 10.1. The Hall–Kier alpha value is 0.710. The van der Waals surface area contributed by atoms with Crippen LogP contribution in [-0.2, 0) is 0 Å². The van der Waals surface area contributed by atoms with E-state index >= 15 is 0 Å². The number of halogens is 9. The zero-order chi connectivity index (χ0) is 16.4. The van der Waals surface area contributed by atoms with Crippen LogP contribution in [0.15, 0.2) is 0 Å². The molecule has 2 unspecified atom stereocenters.